The molecule has 2 atom stereocenters. The molecule has 2 N–H and O–H groups in total. The number of piperidine rings is 1. The van der Waals surface area contributed by atoms with Gasteiger partial charge in [0.05, 0.1) is 0 Å². The zero-order valence-corrected chi connectivity index (χ0v) is 12.8. The Bertz CT molecular complexity index is 446. The highest BCUT2D eigenvalue weighted by atomic mass is 79.9. The van der Waals surface area contributed by atoms with Crippen molar-refractivity contribution >= 4 is 27.7 Å². The summed E-state index contributed by atoms with van der Waals surface area (Å²) in [7, 11) is 0. The van der Waals surface area contributed by atoms with Gasteiger partial charge in [0.1, 0.15) is 10.4 Å². The first-order valence-corrected chi connectivity index (χ1v) is 7.73. The molecule has 6 heteroatoms. The lowest BCUT2D eigenvalue weighted by Gasteiger charge is -2.47. The van der Waals surface area contributed by atoms with Crippen molar-refractivity contribution in [3.8, 4) is 0 Å². The minimum atomic E-state index is 0.433. The van der Waals surface area contributed by atoms with Gasteiger partial charge in [0.2, 0.25) is 5.95 Å². The molecule has 2 aliphatic rings. The molecule has 3 heterocycles. The van der Waals surface area contributed by atoms with Crippen molar-refractivity contribution in [2.24, 2.45) is 0 Å². The largest absolute Gasteiger partial charge is 0.383 e. The summed E-state index contributed by atoms with van der Waals surface area (Å²) in [5.41, 5.74) is 5.83. The van der Waals surface area contributed by atoms with E-state index in [-0.39, 0.29) is 0 Å². The topological polar surface area (TPSA) is 58.3 Å². The average molecular weight is 326 g/mol. The summed E-state index contributed by atoms with van der Waals surface area (Å²) < 4.78 is 0.758. The lowest BCUT2D eigenvalue weighted by Crippen LogP contribution is -2.59. The second-order valence-corrected chi connectivity index (χ2v) is 6.37. The van der Waals surface area contributed by atoms with E-state index in [1.165, 1.54) is 25.8 Å². The second-order valence-electron chi connectivity index (χ2n) is 5.56. The first-order chi connectivity index (χ1) is 9.13. The van der Waals surface area contributed by atoms with Crippen LogP contribution in [0.4, 0.5) is 11.8 Å². The number of nitrogen functional groups attached to an aromatic ring is 1. The zero-order chi connectivity index (χ0) is 13.4. The lowest BCUT2D eigenvalue weighted by molar-refractivity contribution is 0.115. The van der Waals surface area contributed by atoms with Crippen LogP contribution in [0.15, 0.2) is 10.7 Å². The number of hydrogen-bond donors (Lipinski definition) is 1. The normalized spacial score (nSPS) is 28.2. The number of hydrogen-bond acceptors (Lipinski definition) is 5. The lowest BCUT2D eigenvalue weighted by atomic mass is 9.97. The number of halogens is 1. The molecular formula is C13H20BrN5. The molecule has 5 nitrogen and oxygen atoms in total. The maximum Gasteiger partial charge on any atom is 0.228 e. The zero-order valence-electron chi connectivity index (χ0n) is 11.2. The Morgan fingerprint density at radius 3 is 2.95 bits per heavy atom. The van der Waals surface area contributed by atoms with Gasteiger partial charge < -0.3 is 10.6 Å². The summed E-state index contributed by atoms with van der Waals surface area (Å²) in [6, 6.07) is 2.82. The van der Waals surface area contributed by atoms with Gasteiger partial charge in [-0.1, -0.05) is 6.42 Å². The number of nitrogens with zero attached hydrogens (tertiary/aromatic N) is 4. The average Bonchev–Trinajstić information content (AvgIpc) is 2.36. The molecule has 0 saturated carbocycles. The highest BCUT2D eigenvalue weighted by molar-refractivity contribution is 9.10. The summed E-state index contributed by atoms with van der Waals surface area (Å²) in [5.74, 6) is 1.28. The van der Waals surface area contributed by atoms with Crippen molar-refractivity contribution in [2.75, 3.05) is 30.3 Å². The molecule has 3 rings (SSSR count). The van der Waals surface area contributed by atoms with Gasteiger partial charge in [-0.05, 0) is 42.2 Å². The SMILES string of the molecule is CC1CN2CCCCC2CN1c1nc(N)cc(Br)n1. The standard InChI is InChI=1S/C13H20BrN5/c1-9-7-18-5-3-2-4-10(18)8-19(9)13-16-11(14)6-12(15)17-13/h6,9-10H,2-5,7-8H2,1H3,(H2,15,16,17). The maximum atomic E-state index is 5.83. The van der Waals surface area contributed by atoms with E-state index in [4.69, 9.17) is 5.73 Å². The summed E-state index contributed by atoms with van der Waals surface area (Å²) >= 11 is 3.40. The van der Waals surface area contributed by atoms with E-state index >= 15 is 0 Å². The van der Waals surface area contributed by atoms with Crippen LogP contribution in [0.1, 0.15) is 26.2 Å². The number of rotatable bonds is 1. The van der Waals surface area contributed by atoms with Crippen LogP contribution >= 0.6 is 15.9 Å². The maximum absolute atomic E-state index is 5.83. The Labute approximate surface area is 122 Å². The molecule has 2 saturated heterocycles. The monoisotopic (exact) mass is 325 g/mol. The molecule has 104 valence electrons. The number of nitrogens with two attached hydrogens (primary N) is 1. The van der Waals surface area contributed by atoms with Crippen molar-refractivity contribution in [1.29, 1.82) is 0 Å². The minimum Gasteiger partial charge on any atom is -0.383 e. The van der Waals surface area contributed by atoms with Gasteiger partial charge in [-0.25, -0.2) is 4.98 Å². The highest BCUT2D eigenvalue weighted by Crippen LogP contribution is 2.27. The van der Waals surface area contributed by atoms with Gasteiger partial charge in [0.25, 0.3) is 0 Å². The van der Waals surface area contributed by atoms with Gasteiger partial charge >= 0.3 is 0 Å². The predicted molar refractivity (Wildman–Crippen MR) is 80.2 cm³/mol. The van der Waals surface area contributed by atoms with Crippen molar-refractivity contribution in [3.05, 3.63) is 10.7 Å². The highest BCUT2D eigenvalue weighted by Gasteiger charge is 2.34. The molecule has 19 heavy (non-hydrogen) atoms. The summed E-state index contributed by atoms with van der Waals surface area (Å²) in [6.45, 7) is 5.59. The molecular weight excluding hydrogens is 306 g/mol. The molecule has 0 radical (unpaired) electrons. The van der Waals surface area contributed by atoms with E-state index in [9.17, 15) is 0 Å². The van der Waals surface area contributed by atoms with E-state index in [1.54, 1.807) is 6.07 Å². The van der Waals surface area contributed by atoms with Crippen LogP contribution in [-0.2, 0) is 0 Å². The third kappa shape index (κ3) is 2.69. The molecule has 1 aromatic rings. The van der Waals surface area contributed by atoms with Crippen LogP contribution in [0.25, 0.3) is 0 Å². The van der Waals surface area contributed by atoms with Crippen molar-refractivity contribution in [2.45, 2.75) is 38.3 Å². The van der Waals surface area contributed by atoms with Gasteiger partial charge in [-0.2, -0.15) is 4.98 Å². The van der Waals surface area contributed by atoms with Crippen LogP contribution in [0.5, 0.6) is 0 Å². The third-order valence-electron chi connectivity index (χ3n) is 4.15. The smallest absolute Gasteiger partial charge is 0.228 e. The molecule has 0 spiro atoms. The van der Waals surface area contributed by atoms with E-state index in [0.717, 1.165) is 23.6 Å². The van der Waals surface area contributed by atoms with E-state index in [2.05, 4.69) is 42.6 Å². The summed E-state index contributed by atoms with van der Waals surface area (Å²) in [6.07, 6.45) is 3.96. The Morgan fingerprint density at radius 2 is 2.16 bits per heavy atom. The van der Waals surface area contributed by atoms with Crippen molar-refractivity contribution in [1.82, 2.24) is 14.9 Å². The molecule has 2 aliphatic heterocycles. The number of piperazine rings is 1. The van der Waals surface area contributed by atoms with Crippen LogP contribution in [0.2, 0.25) is 0 Å². The van der Waals surface area contributed by atoms with Crippen LogP contribution < -0.4 is 10.6 Å². The van der Waals surface area contributed by atoms with Crippen LogP contribution in [0, 0.1) is 0 Å². The van der Waals surface area contributed by atoms with Gasteiger partial charge in [0.15, 0.2) is 0 Å². The molecule has 0 aromatic carbocycles. The Hall–Kier alpha value is -0.880. The number of fused-ring (bicyclic) bond motifs is 1. The fourth-order valence-corrected chi connectivity index (χ4v) is 3.57. The molecule has 0 aliphatic carbocycles. The van der Waals surface area contributed by atoms with Gasteiger partial charge in [-0.3, -0.25) is 4.90 Å². The van der Waals surface area contributed by atoms with E-state index in [1.807, 2.05) is 0 Å². The van der Waals surface area contributed by atoms with Crippen molar-refractivity contribution in [3.63, 3.8) is 0 Å². The number of anilines is 2. The summed E-state index contributed by atoms with van der Waals surface area (Å²) in [5, 5.41) is 0. The Kier molecular flexibility index (Phi) is 3.62. The van der Waals surface area contributed by atoms with Gasteiger partial charge in [-0.15, -0.1) is 0 Å². The molecule has 0 bridgehead atoms. The van der Waals surface area contributed by atoms with Crippen LogP contribution in [0.3, 0.4) is 0 Å². The molecule has 1 aromatic heterocycles. The summed E-state index contributed by atoms with van der Waals surface area (Å²) in [4.78, 5) is 13.8. The number of aromatic nitrogens is 2. The molecule has 2 unspecified atom stereocenters. The van der Waals surface area contributed by atoms with E-state index in [0.29, 0.717) is 17.9 Å². The fraction of sp³-hybridized carbons (Fsp3) is 0.692. The quantitative estimate of drug-likeness (QED) is 0.799. The fourth-order valence-electron chi connectivity index (χ4n) is 3.18. The third-order valence-corrected chi connectivity index (χ3v) is 4.55. The van der Waals surface area contributed by atoms with Crippen molar-refractivity contribution < 1.29 is 0 Å². The Morgan fingerprint density at radius 1 is 1.32 bits per heavy atom. The molecule has 2 fully saturated rings. The van der Waals surface area contributed by atoms with E-state index < -0.39 is 0 Å². The van der Waals surface area contributed by atoms with Crippen LogP contribution in [-0.4, -0.2) is 46.6 Å². The predicted octanol–water partition coefficient (Wildman–Crippen LogP) is 1.88. The Balaban J connectivity index is 1.83. The minimum absolute atomic E-state index is 0.433. The first-order valence-electron chi connectivity index (χ1n) is 6.94. The first kappa shape index (κ1) is 13.1. The molecule has 0 amide bonds. The van der Waals surface area contributed by atoms with Gasteiger partial charge in [0, 0.05) is 31.2 Å². The second kappa shape index (κ2) is 5.25.